The van der Waals surface area contributed by atoms with Crippen molar-refractivity contribution >= 4 is 0 Å². The predicted molar refractivity (Wildman–Crippen MR) is 61.2 cm³/mol. The number of benzene rings is 1. The molecule has 0 aliphatic carbocycles. The molecule has 0 radical (unpaired) electrons. The molecule has 2 aromatic rings. The molecule has 2 rings (SSSR count). The van der Waals surface area contributed by atoms with Gasteiger partial charge in [0, 0.05) is 11.6 Å². The normalized spacial score (nSPS) is 11.3. The number of hydrogen-bond donors (Lipinski definition) is 0. The smallest absolute Gasteiger partial charge is 0.418 e. The highest BCUT2D eigenvalue weighted by Gasteiger charge is 2.34. The topological polar surface area (TPSA) is 22.1 Å². The highest BCUT2D eigenvalue weighted by Crippen LogP contribution is 2.36. The van der Waals surface area contributed by atoms with Gasteiger partial charge in [-0.25, -0.2) is 4.98 Å². The molecule has 18 heavy (non-hydrogen) atoms. The van der Waals surface area contributed by atoms with Crippen LogP contribution in [0.5, 0.6) is 5.88 Å². The molecule has 94 valence electrons. The number of halogens is 3. The fourth-order valence-electron chi connectivity index (χ4n) is 1.60. The van der Waals surface area contributed by atoms with E-state index in [0.717, 1.165) is 6.07 Å². The van der Waals surface area contributed by atoms with Gasteiger partial charge in [-0.05, 0) is 6.07 Å². The van der Waals surface area contributed by atoms with Crippen LogP contribution in [0.3, 0.4) is 0 Å². The summed E-state index contributed by atoms with van der Waals surface area (Å²) in [6.45, 7) is 0. The third-order valence-corrected chi connectivity index (χ3v) is 2.43. The standard InChI is InChI=1S/C13H10F3NO/c1-18-11-8-7-10(13(14,15)16)12(17-11)9-5-3-2-4-6-9/h2-8H,1H3. The van der Waals surface area contributed by atoms with Gasteiger partial charge in [0.25, 0.3) is 0 Å². The first-order chi connectivity index (χ1) is 8.52. The van der Waals surface area contributed by atoms with E-state index in [2.05, 4.69) is 4.98 Å². The van der Waals surface area contributed by atoms with Crippen molar-refractivity contribution in [2.75, 3.05) is 7.11 Å². The molecule has 0 fully saturated rings. The van der Waals surface area contributed by atoms with Crippen LogP contribution in [-0.2, 0) is 6.18 Å². The highest BCUT2D eigenvalue weighted by atomic mass is 19.4. The van der Waals surface area contributed by atoms with Crippen LogP contribution >= 0.6 is 0 Å². The first-order valence-corrected chi connectivity index (χ1v) is 5.20. The molecule has 0 aliphatic heterocycles. The largest absolute Gasteiger partial charge is 0.481 e. The Morgan fingerprint density at radius 2 is 1.67 bits per heavy atom. The van der Waals surface area contributed by atoms with Crippen molar-refractivity contribution in [1.82, 2.24) is 4.98 Å². The van der Waals surface area contributed by atoms with E-state index in [0.29, 0.717) is 5.56 Å². The summed E-state index contributed by atoms with van der Waals surface area (Å²) in [6.07, 6.45) is -4.44. The van der Waals surface area contributed by atoms with Crippen LogP contribution in [0.1, 0.15) is 5.56 Å². The summed E-state index contributed by atoms with van der Waals surface area (Å²) in [4.78, 5) is 3.89. The summed E-state index contributed by atoms with van der Waals surface area (Å²) in [5.41, 5.74) is -0.485. The second-order valence-corrected chi connectivity index (χ2v) is 3.61. The number of methoxy groups -OCH3 is 1. The molecular weight excluding hydrogens is 243 g/mol. The molecule has 1 heterocycles. The molecule has 0 atom stereocenters. The van der Waals surface area contributed by atoms with Gasteiger partial charge in [-0.2, -0.15) is 13.2 Å². The molecule has 0 bridgehead atoms. The SMILES string of the molecule is COc1ccc(C(F)(F)F)c(-c2ccccc2)n1. The Labute approximate surface area is 102 Å². The van der Waals surface area contributed by atoms with Gasteiger partial charge >= 0.3 is 6.18 Å². The molecule has 1 aromatic heterocycles. The van der Waals surface area contributed by atoms with Crippen LogP contribution in [0.25, 0.3) is 11.3 Å². The highest BCUT2D eigenvalue weighted by molar-refractivity contribution is 5.64. The zero-order valence-corrected chi connectivity index (χ0v) is 9.53. The summed E-state index contributed by atoms with van der Waals surface area (Å²) in [5.74, 6) is 0.154. The summed E-state index contributed by atoms with van der Waals surface area (Å²) in [7, 11) is 1.37. The second-order valence-electron chi connectivity index (χ2n) is 3.61. The lowest BCUT2D eigenvalue weighted by molar-refractivity contribution is -0.137. The maximum atomic E-state index is 12.9. The summed E-state index contributed by atoms with van der Waals surface area (Å²) >= 11 is 0. The molecule has 0 amide bonds. The van der Waals surface area contributed by atoms with E-state index in [1.54, 1.807) is 30.3 Å². The molecule has 1 aromatic carbocycles. The molecule has 0 unspecified atom stereocenters. The quantitative estimate of drug-likeness (QED) is 0.812. The van der Waals surface area contributed by atoms with E-state index >= 15 is 0 Å². The monoisotopic (exact) mass is 253 g/mol. The summed E-state index contributed by atoms with van der Waals surface area (Å²) in [5, 5.41) is 0. The van der Waals surface area contributed by atoms with Crippen LogP contribution in [0.2, 0.25) is 0 Å². The van der Waals surface area contributed by atoms with Crippen molar-refractivity contribution in [3.8, 4) is 17.1 Å². The number of ether oxygens (including phenoxy) is 1. The summed E-state index contributed by atoms with van der Waals surface area (Å²) < 4.78 is 43.5. The first kappa shape index (κ1) is 12.4. The van der Waals surface area contributed by atoms with E-state index < -0.39 is 11.7 Å². The third-order valence-electron chi connectivity index (χ3n) is 2.43. The molecule has 0 saturated heterocycles. The number of hydrogen-bond acceptors (Lipinski definition) is 2. The Morgan fingerprint density at radius 3 is 2.22 bits per heavy atom. The number of rotatable bonds is 2. The molecule has 5 heteroatoms. The van der Waals surface area contributed by atoms with E-state index in [1.165, 1.54) is 13.2 Å². The van der Waals surface area contributed by atoms with Gasteiger partial charge in [-0.3, -0.25) is 0 Å². The first-order valence-electron chi connectivity index (χ1n) is 5.20. The number of alkyl halides is 3. The predicted octanol–water partition coefficient (Wildman–Crippen LogP) is 3.78. The Balaban J connectivity index is 2.62. The van der Waals surface area contributed by atoms with Crippen molar-refractivity contribution < 1.29 is 17.9 Å². The second kappa shape index (κ2) is 4.68. The fraction of sp³-hybridized carbons (Fsp3) is 0.154. The minimum atomic E-state index is -4.44. The Hall–Kier alpha value is -2.04. The van der Waals surface area contributed by atoms with Crippen molar-refractivity contribution in [2.45, 2.75) is 6.18 Å². The third kappa shape index (κ3) is 2.45. The molecular formula is C13H10F3NO. The van der Waals surface area contributed by atoms with Crippen LogP contribution in [0.4, 0.5) is 13.2 Å². The zero-order valence-electron chi connectivity index (χ0n) is 9.53. The number of pyridine rings is 1. The maximum absolute atomic E-state index is 12.9. The van der Waals surface area contributed by atoms with Crippen molar-refractivity contribution in [1.29, 1.82) is 0 Å². The Morgan fingerprint density at radius 1 is 1.00 bits per heavy atom. The van der Waals surface area contributed by atoms with E-state index in [1.807, 2.05) is 0 Å². The van der Waals surface area contributed by atoms with Crippen molar-refractivity contribution in [3.05, 3.63) is 48.0 Å². The molecule has 2 nitrogen and oxygen atoms in total. The molecule has 0 N–H and O–H groups in total. The lowest BCUT2D eigenvalue weighted by atomic mass is 10.1. The van der Waals surface area contributed by atoms with E-state index in [9.17, 15) is 13.2 Å². The molecule has 0 saturated carbocycles. The minimum absolute atomic E-state index is 0.123. The van der Waals surface area contributed by atoms with Gasteiger partial charge in [0.15, 0.2) is 0 Å². The van der Waals surface area contributed by atoms with Gasteiger partial charge in [0.2, 0.25) is 5.88 Å². The average molecular weight is 253 g/mol. The van der Waals surface area contributed by atoms with Crippen molar-refractivity contribution in [2.24, 2.45) is 0 Å². The average Bonchev–Trinajstić information content (AvgIpc) is 2.38. The van der Waals surface area contributed by atoms with Gasteiger partial charge < -0.3 is 4.74 Å². The lowest BCUT2D eigenvalue weighted by Gasteiger charge is -2.13. The van der Waals surface area contributed by atoms with E-state index in [-0.39, 0.29) is 11.6 Å². The van der Waals surface area contributed by atoms with Gasteiger partial charge in [-0.1, -0.05) is 30.3 Å². The van der Waals surface area contributed by atoms with E-state index in [4.69, 9.17) is 4.74 Å². The van der Waals surface area contributed by atoms with Crippen LogP contribution < -0.4 is 4.74 Å². The number of nitrogens with zero attached hydrogens (tertiary/aromatic N) is 1. The molecule has 0 spiro atoms. The van der Waals surface area contributed by atoms with Gasteiger partial charge in [0.1, 0.15) is 0 Å². The van der Waals surface area contributed by atoms with Crippen LogP contribution in [-0.4, -0.2) is 12.1 Å². The van der Waals surface area contributed by atoms with Crippen LogP contribution in [0.15, 0.2) is 42.5 Å². The van der Waals surface area contributed by atoms with Crippen LogP contribution in [0, 0.1) is 0 Å². The number of aromatic nitrogens is 1. The fourth-order valence-corrected chi connectivity index (χ4v) is 1.60. The zero-order chi connectivity index (χ0) is 13.2. The van der Waals surface area contributed by atoms with Gasteiger partial charge in [-0.15, -0.1) is 0 Å². The van der Waals surface area contributed by atoms with Crippen molar-refractivity contribution in [3.63, 3.8) is 0 Å². The van der Waals surface area contributed by atoms with Gasteiger partial charge in [0.05, 0.1) is 18.4 Å². The lowest BCUT2D eigenvalue weighted by Crippen LogP contribution is -2.09. The Bertz CT molecular complexity index is 538. The molecule has 0 aliphatic rings. The Kier molecular flexibility index (Phi) is 3.23. The maximum Gasteiger partial charge on any atom is 0.418 e. The minimum Gasteiger partial charge on any atom is -0.481 e. The summed E-state index contributed by atoms with van der Waals surface area (Å²) in [6, 6.07) is 10.4.